The van der Waals surface area contributed by atoms with E-state index in [0.717, 1.165) is 29.7 Å². The molecule has 3 heterocycles. The maximum atomic E-state index is 12.9. The van der Waals surface area contributed by atoms with Gasteiger partial charge in [-0.05, 0) is 12.8 Å². The van der Waals surface area contributed by atoms with Crippen molar-refractivity contribution in [1.29, 1.82) is 0 Å². The Labute approximate surface area is 128 Å². The van der Waals surface area contributed by atoms with E-state index in [1.54, 1.807) is 4.68 Å². The van der Waals surface area contributed by atoms with Crippen LogP contribution in [0.3, 0.4) is 0 Å². The van der Waals surface area contributed by atoms with Gasteiger partial charge in [-0.25, -0.2) is 4.79 Å². The minimum atomic E-state index is -0.948. The summed E-state index contributed by atoms with van der Waals surface area (Å²) in [5.74, 6) is -0.0211. The van der Waals surface area contributed by atoms with Gasteiger partial charge >= 0.3 is 6.09 Å². The van der Waals surface area contributed by atoms with Crippen LogP contribution in [0.15, 0.2) is 11.8 Å². The fraction of sp³-hybridized carbons (Fsp3) is 0.533. The van der Waals surface area contributed by atoms with Gasteiger partial charge < -0.3 is 14.9 Å². The molecule has 0 saturated carbocycles. The molecular formula is C15H20N4O3. The zero-order valence-corrected chi connectivity index (χ0v) is 12.9. The number of nitrogens with zero attached hydrogens (tertiary/aromatic N) is 4. The zero-order chi connectivity index (χ0) is 15.9. The molecule has 1 amide bonds. The number of aryl methyl sites for hydroxylation is 1. The van der Waals surface area contributed by atoms with Gasteiger partial charge in [-0.3, -0.25) is 9.48 Å². The van der Waals surface area contributed by atoms with Crippen molar-refractivity contribution in [2.24, 2.45) is 0 Å². The van der Waals surface area contributed by atoms with Crippen LogP contribution in [-0.4, -0.2) is 57.2 Å². The van der Waals surface area contributed by atoms with Gasteiger partial charge in [0.25, 0.3) is 0 Å². The van der Waals surface area contributed by atoms with Crippen LogP contribution in [-0.2, 0) is 19.5 Å². The molecule has 0 spiro atoms. The van der Waals surface area contributed by atoms with E-state index in [-0.39, 0.29) is 12.3 Å². The summed E-state index contributed by atoms with van der Waals surface area (Å²) < 4.78 is 1.77. The number of carboxylic acid groups (broad SMARTS) is 1. The smallest absolute Gasteiger partial charge is 0.407 e. The molecule has 2 aliphatic heterocycles. The summed E-state index contributed by atoms with van der Waals surface area (Å²) in [5, 5.41) is 13.7. The third-order valence-corrected chi connectivity index (χ3v) is 4.11. The van der Waals surface area contributed by atoms with E-state index in [4.69, 9.17) is 0 Å². The summed E-state index contributed by atoms with van der Waals surface area (Å²) in [6.45, 7) is 1.39. The zero-order valence-electron chi connectivity index (χ0n) is 12.9. The fourth-order valence-corrected chi connectivity index (χ4v) is 3.13. The summed E-state index contributed by atoms with van der Waals surface area (Å²) in [5.41, 5.74) is 2.99. The highest BCUT2D eigenvalue weighted by molar-refractivity contribution is 6.08. The average Bonchev–Trinajstić information content (AvgIpc) is 2.74. The van der Waals surface area contributed by atoms with Crippen molar-refractivity contribution in [1.82, 2.24) is 19.6 Å². The van der Waals surface area contributed by atoms with Crippen molar-refractivity contribution in [3.05, 3.63) is 28.7 Å². The second kappa shape index (κ2) is 5.47. The fourth-order valence-electron chi connectivity index (χ4n) is 3.13. The highest BCUT2D eigenvalue weighted by Gasteiger charge is 2.32. The van der Waals surface area contributed by atoms with Gasteiger partial charge in [-0.15, -0.1) is 0 Å². The molecular weight excluding hydrogens is 284 g/mol. The lowest BCUT2D eigenvalue weighted by Gasteiger charge is -2.23. The number of Topliss-reactive ketones (excluding diaryl/α,β-unsaturated/α-hetero) is 1. The molecule has 0 aromatic carbocycles. The van der Waals surface area contributed by atoms with E-state index in [1.807, 2.05) is 25.2 Å². The number of ketones is 1. The topological polar surface area (TPSA) is 78.7 Å². The lowest BCUT2D eigenvalue weighted by atomic mass is 9.99. The maximum absolute atomic E-state index is 12.9. The van der Waals surface area contributed by atoms with Crippen molar-refractivity contribution in [2.45, 2.75) is 32.4 Å². The normalized spacial score (nSPS) is 19.6. The molecule has 0 atom stereocenters. The largest absolute Gasteiger partial charge is 0.465 e. The minimum absolute atomic E-state index is 0.0211. The third-order valence-electron chi connectivity index (χ3n) is 4.11. The Morgan fingerprint density at radius 1 is 1.32 bits per heavy atom. The quantitative estimate of drug-likeness (QED) is 0.792. The Morgan fingerprint density at radius 2 is 2.09 bits per heavy atom. The van der Waals surface area contributed by atoms with Crippen LogP contribution in [0, 0.1) is 0 Å². The number of allylic oxidation sites excluding steroid dienone is 1. The van der Waals surface area contributed by atoms with Crippen LogP contribution < -0.4 is 0 Å². The van der Waals surface area contributed by atoms with E-state index in [9.17, 15) is 14.7 Å². The van der Waals surface area contributed by atoms with Gasteiger partial charge in [0.2, 0.25) is 5.78 Å². The average molecular weight is 304 g/mol. The first-order chi connectivity index (χ1) is 10.5. The standard InChI is InChI=1S/C15H20N4O3/c1-17(2)8-10-4-3-6-19-13(14(10)20)11-9-18(15(21)22)7-5-12(11)16-19/h8H,3-7,9H2,1-2H3,(H,21,22)/b10-8+. The maximum Gasteiger partial charge on any atom is 0.407 e. The van der Waals surface area contributed by atoms with Gasteiger partial charge in [0.1, 0.15) is 5.69 Å². The lowest BCUT2D eigenvalue weighted by molar-refractivity contribution is 0.101. The molecule has 7 nitrogen and oxygen atoms in total. The van der Waals surface area contributed by atoms with Crippen molar-refractivity contribution >= 4 is 11.9 Å². The Kier molecular flexibility index (Phi) is 3.64. The van der Waals surface area contributed by atoms with Crippen molar-refractivity contribution < 1.29 is 14.7 Å². The Morgan fingerprint density at radius 3 is 2.77 bits per heavy atom. The molecule has 0 saturated heterocycles. The van der Waals surface area contributed by atoms with E-state index in [0.29, 0.717) is 25.2 Å². The molecule has 1 aromatic heterocycles. The highest BCUT2D eigenvalue weighted by atomic mass is 16.4. The number of carbonyl (C=O) groups is 2. The number of hydrogen-bond donors (Lipinski definition) is 1. The second-order valence-corrected chi connectivity index (χ2v) is 6.00. The SMILES string of the molecule is CN(C)/C=C1\CCCn2nc3c(c2C1=O)CN(C(=O)O)CC3. The Bertz CT molecular complexity index is 660. The predicted molar refractivity (Wildman–Crippen MR) is 79.7 cm³/mol. The van der Waals surface area contributed by atoms with Crippen LogP contribution in [0.1, 0.15) is 34.6 Å². The van der Waals surface area contributed by atoms with Crippen molar-refractivity contribution in [3.8, 4) is 0 Å². The van der Waals surface area contributed by atoms with Crippen LogP contribution in [0.2, 0.25) is 0 Å². The highest BCUT2D eigenvalue weighted by Crippen LogP contribution is 2.28. The molecule has 0 aliphatic carbocycles. The van der Waals surface area contributed by atoms with Gasteiger partial charge in [0.15, 0.2) is 0 Å². The molecule has 7 heteroatoms. The Hall–Kier alpha value is -2.31. The van der Waals surface area contributed by atoms with Gasteiger partial charge in [-0.2, -0.15) is 5.10 Å². The van der Waals surface area contributed by atoms with Crippen molar-refractivity contribution in [3.63, 3.8) is 0 Å². The third kappa shape index (κ3) is 2.47. The summed E-state index contributed by atoms with van der Waals surface area (Å²) in [7, 11) is 3.79. The van der Waals surface area contributed by atoms with Crippen LogP contribution in [0.4, 0.5) is 4.79 Å². The van der Waals surface area contributed by atoms with Crippen LogP contribution in [0.5, 0.6) is 0 Å². The van der Waals surface area contributed by atoms with Crippen LogP contribution >= 0.6 is 0 Å². The number of fused-ring (bicyclic) bond motifs is 3. The number of amides is 1. The number of aromatic nitrogens is 2. The molecule has 0 bridgehead atoms. The molecule has 1 aromatic rings. The number of hydrogen-bond acceptors (Lipinski definition) is 4. The summed E-state index contributed by atoms with van der Waals surface area (Å²) in [6, 6.07) is 0. The van der Waals surface area contributed by atoms with E-state index in [1.165, 1.54) is 4.90 Å². The van der Waals surface area contributed by atoms with E-state index < -0.39 is 6.09 Å². The first-order valence-corrected chi connectivity index (χ1v) is 7.45. The molecule has 0 unspecified atom stereocenters. The van der Waals surface area contributed by atoms with Gasteiger partial charge in [-0.1, -0.05) is 0 Å². The molecule has 1 N–H and O–H groups in total. The van der Waals surface area contributed by atoms with Crippen molar-refractivity contribution in [2.75, 3.05) is 20.6 Å². The van der Waals surface area contributed by atoms with E-state index in [2.05, 4.69) is 5.10 Å². The molecule has 118 valence electrons. The second-order valence-electron chi connectivity index (χ2n) is 6.00. The lowest BCUT2D eigenvalue weighted by Crippen LogP contribution is -2.35. The van der Waals surface area contributed by atoms with Gasteiger partial charge in [0, 0.05) is 50.9 Å². The van der Waals surface area contributed by atoms with E-state index >= 15 is 0 Å². The predicted octanol–water partition coefficient (Wildman–Crippen LogP) is 1.34. The minimum Gasteiger partial charge on any atom is -0.465 e. The molecule has 0 radical (unpaired) electrons. The first kappa shape index (κ1) is 14.6. The monoisotopic (exact) mass is 304 g/mol. The first-order valence-electron chi connectivity index (χ1n) is 7.45. The Balaban J connectivity index is 2.03. The molecule has 3 rings (SSSR count). The molecule has 0 fully saturated rings. The number of carbonyl (C=O) groups excluding carboxylic acids is 1. The number of rotatable bonds is 1. The van der Waals surface area contributed by atoms with Gasteiger partial charge in [0.05, 0.1) is 12.2 Å². The van der Waals surface area contributed by atoms with Crippen LogP contribution in [0.25, 0.3) is 0 Å². The summed E-state index contributed by atoms with van der Waals surface area (Å²) in [4.78, 5) is 27.3. The molecule has 22 heavy (non-hydrogen) atoms. The summed E-state index contributed by atoms with van der Waals surface area (Å²) >= 11 is 0. The molecule has 2 aliphatic rings. The summed E-state index contributed by atoms with van der Waals surface area (Å²) in [6.07, 6.45) is 3.06.